The van der Waals surface area contributed by atoms with Gasteiger partial charge < -0.3 is 9.64 Å². The van der Waals surface area contributed by atoms with Crippen LogP contribution in [0.1, 0.15) is 34.5 Å². The maximum absolute atomic E-state index is 13.7. The van der Waals surface area contributed by atoms with Crippen molar-refractivity contribution in [3.05, 3.63) is 58.9 Å². The van der Waals surface area contributed by atoms with Crippen LogP contribution >= 0.6 is 0 Å². The Hall–Kier alpha value is -2.45. The third kappa shape index (κ3) is 3.49. The van der Waals surface area contributed by atoms with Gasteiger partial charge in [-0.3, -0.25) is 4.79 Å². The van der Waals surface area contributed by atoms with E-state index in [4.69, 9.17) is 4.74 Å². The molecule has 1 amide bonds. The van der Waals surface area contributed by atoms with E-state index < -0.39 is 10.0 Å². The molecule has 150 valence electrons. The van der Waals surface area contributed by atoms with Crippen LogP contribution in [0, 0.1) is 5.82 Å². The Morgan fingerprint density at radius 3 is 2.57 bits per heavy atom. The van der Waals surface area contributed by atoms with Gasteiger partial charge in [-0.05, 0) is 54.8 Å². The number of nitrogens with zero attached hydrogens (tertiary/aromatic N) is 2. The first-order chi connectivity index (χ1) is 13.2. The lowest BCUT2D eigenvalue weighted by Gasteiger charge is -2.35. The quantitative estimate of drug-likeness (QED) is 0.783. The van der Waals surface area contributed by atoms with Gasteiger partial charge in [-0.2, -0.15) is 0 Å². The van der Waals surface area contributed by atoms with Crippen LogP contribution in [0.25, 0.3) is 0 Å². The highest BCUT2D eigenvalue weighted by Crippen LogP contribution is 2.33. The lowest BCUT2D eigenvalue weighted by Crippen LogP contribution is -2.39. The average Bonchev–Trinajstić information content (AvgIpc) is 2.67. The lowest BCUT2D eigenvalue weighted by atomic mass is 9.93. The van der Waals surface area contributed by atoms with E-state index >= 15 is 0 Å². The first-order valence-corrected chi connectivity index (χ1v) is 10.3. The van der Waals surface area contributed by atoms with E-state index in [0.717, 1.165) is 15.4 Å². The molecule has 1 aliphatic heterocycles. The van der Waals surface area contributed by atoms with Crippen LogP contribution in [-0.2, 0) is 16.4 Å². The van der Waals surface area contributed by atoms with Crippen LogP contribution < -0.4 is 4.74 Å². The van der Waals surface area contributed by atoms with Crippen LogP contribution in [0.3, 0.4) is 0 Å². The SMILES string of the molecule is COc1ccc(C(=O)N2CCc3ccc(F)cc3C2C)cc1S(=O)(=O)N(C)C. The Kier molecular flexibility index (Phi) is 5.45. The highest BCUT2D eigenvalue weighted by molar-refractivity contribution is 7.89. The maximum Gasteiger partial charge on any atom is 0.254 e. The van der Waals surface area contributed by atoms with Crippen LogP contribution in [0.15, 0.2) is 41.3 Å². The number of halogens is 1. The van der Waals surface area contributed by atoms with Crippen molar-refractivity contribution in [2.24, 2.45) is 0 Å². The van der Waals surface area contributed by atoms with Gasteiger partial charge in [0.1, 0.15) is 16.5 Å². The zero-order chi connectivity index (χ0) is 20.6. The van der Waals surface area contributed by atoms with E-state index in [-0.39, 0.29) is 34.0 Å². The molecule has 2 aromatic carbocycles. The second-order valence-electron chi connectivity index (χ2n) is 6.92. The molecule has 1 aliphatic rings. The number of carbonyl (C=O) groups is 1. The van der Waals surface area contributed by atoms with Crippen molar-refractivity contribution in [2.45, 2.75) is 24.3 Å². The van der Waals surface area contributed by atoms with Crippen LogP contribution in [0.2, 0.25) is 0 Å². The van der Waals surface area contributed by atoms with E-state index in [1.165, 1.54) is 45.5 Å². The van der Waals surface area contributed by atoms with E-state index in [1.807, 2.05) is 6.92 Å². The number of fused-ring (bicyclic) bond motifs is 1. The minimum absolute atomic E-state index is 0.0676. The highest BCUT2D eigenvalue weighted by Gasteiger charge is 2.30. The largest absolute Gasteiger partial charge is 0.495 e. The summed E-state index contributed by atoms with van der Waals surface area (Å²) >= 11 is 0. The molecule has 2 aromatic rings. The predicted octanol–water partition coefficient (Wildman–Crippen LogP) is 2.84. The summed E-state index contributed by atoms with van der Waals surface area (Å²) in [5, 5.41) is 0. The summed E-state index contributed by atoms with van der Waals surface area (Å²) in [5.74, 6) is -0.478. The molecule has 28 heavy (non-hydrogen) atoms. The van der Waals surface area contributed by atoms with E-state index in [9.17, 15) is 17.6 Å². The van der Waals surface area contributed by atoms with E-state index in [0.29, 0.717) is 13.0 Å². The summed E-state index contributed by atoms with van der Waals surface area (Å²) in [7, 11) is 0.429. The molecule has 1 atom stereocenters. The van der Waals surface area contributed by atoms with Gasteiger partial charge in [0.15, 0.2) is 0 Å². The van der Waals surface area contributed by atoms with Crippen molar-refractivity contribution in [3.63, 3.8) is 0 Å². The number of carbonyl (C=O) groups excluding carboxylic acids is 1. The van der Waals surface area contributed by atoms with E-state index in [2.05, 4.69) is 0 Å². The molecule has 1 unspecified atom stereocenters. The molecule has 0 bridgehead atoms. The molecule has 0 saturated carbocycles. The van der Waals surface area contributed by atoms with Crippen LogP contribution in [0.5, 0.6) is 5.75 Å². The molecule has 0 fully saturated rings. The fraction of sp³-hybridized carbons (Fsp3) is 0.350. The lowest BCUT2D eigenvalue weighted by molar-refractivity contribution is 0.0677. The number of hydrogen-bond acceptors (Lipinski definition) is 4. The third-order valence-corrected chi connectivity index (χ3v) is 6.91. The standard InChI is InChI=1S/C20H23FN2O4S/c1-13-17-12-16(21)7-5-14(17)9-10-23(13)20(24)15-6-8-18(27-4)19(11-15)28(25,26)22(2)3/h5-8,11-13H,9-10H2,1-4H3. The molecular formula is C20H23FN2O4S. The van der Waals surface area contributed by atoms with Gasteiger partial charge in [0.25, 0.3) is 5.91 Å². The fourth-order valence-electron chi connectivity index (χ4n) is 3.44. The first-order valence-electron chi connectivity index (χ1n) is 8.86. The highest BCUT2D eigenvalue weighted by atomic mass is 32.2. The number of ether oxygens (including phenoxy) is 1. The van der Waals surface area contributed by atoms with Crippen molar-refractivity contribution >= 4 is 15.9 Å². The Morgan fingerprint density at radius 1 is 1.21 bits per heavy atom. The van der Waals surface area contributed by atoms with Crippen molar-refractivity contribution in [1.82, 2.24) is 9.21 Å². The molecule has 1 heterocycles. The Balaban J connectivity index is 1.99. The zero-order valence-electron chi connectivity index (χ0n) is 16.3. The number of rotatable bonds is 4. The monoisotopic (exact) mass is 406 g/mol. The van der Waals surface area contributed by atoms with Gasteiger partial charge in [0, 0.05) is 26.2 Å². The van der Waals surface area contributed by atoms with Crippen LogP contribution in [-0.4, -0.2) is 51.3 Å². The zero-order valence-corrected chi connectivity index (χ0v) is 17.1. The van der Waals surface area contributed by atoms with Crippen molar-refractivity contribution < 1.29 is 22.3 Å². The topological polar surface area (TPSA) is 66.9 Å². The minimum Gasteiger partial charge on any atom is -0.495 e. The van der Waals surface area contributed by atoms with Crippen molar-refractivity contribution in [2.75, 3.05) is 27.7 Å². The summed E-state index contributed by atoms with van der Waals surface area (Å²) in [5.41, 5.74) is 2.03. The molecule has 0 N–H and O–H groups in total. The van der Waals surface area contributed by atoms with Gasteiger partial charge in [0.2, 0.25) is 10.0 Å². The van der Waals surface area contributed by atoms with Gasteiger partial charge in [0.05, 0.1) is 13.2 Å². The normalized spacial score (nSPS) is 16.8. The molecule has 3 rings (SSSR count). The fourth-order valence-corrected chi connectivity index (χ4v) is 4.51. The van der Waals surface area contributed by atoms with E-state index in [1.54, 1.807) is 17.0 Å². The Bertz CT molecular complexity index is 1020. The smallest absolute Gasteiger partial charge is 0.254 e. The van der Waals surface area contributed by atoms with Crippen molar-refractivity contribution in [3.8, 4) is 5.75 Å². The van der Waals surface area contributed by atoms with Gasteiger partial charge in [-0.25, -0.2) is 17.1 Å². The molecule has 0 radical (unpaired) electrons. The average molecular weight is 406 g/mol. The van der Waals surface area contributed by atoms with Gasteiger partial charge >= 0.3 is 0 Å². The maximum atomic E-state index is 13.7. The molecular weight excluding hydrogens is 383 g/mol. The third-order valence-electron chi connectivity index (χ3n) is 5.08. The second kappa shape index (κ2) is 7.52. The molecule has 8 heteroatoms. The molecule has 0 spiro atoms. The summed E-state index contributed by atoms with van der Waals surface area (Å²) < 4.78 is 45.1. The summed E-state index contributed by atoms with van der Waals surface area (Å²) in [6.07, 6.45) is 0.616. The number of methoxy groups -OCH3 is 1. The summed E-state index contributed by atoms with van der Waals surface area (Å²) in [6, 6.07) is 8.67. The molecule has 0 saturated heterocycles. The first kappa shape index (κ1) is 20.3. The number of benzene rings is 2. The summed E-state index contributed by atoms with van der Waals surface area (Å²) in [6.45, 7) is 2.32. The second-order valence-corrected chi connectivity index (χ2v) is 9.04. The molecule has 6 nitrogen and oxygen atoms in total. The Labute approximate surface area is 164 Å². The summed E-state index contributed by atoms with van der Waals surface area (Å²) in [4.78, 5) is 14.7. The number of sulfonamides is 1. The number of amides is 1. The molecule has 0 aliphatic carbocycles. The number of hydrogen-bond donors (Lipinski definition) is 0. The Morgan fingerprint density at radius 2 is 1.93 bits per heavy atom. The van der Waals surface area contributed by atoms with Gasteiger partial charge in [-0.1, -0.05) is 6.07 Å². The van der Waals surface area contributed by atoms with Crippen LogP contribution in [0.4, 0.5) is 4.39 Å². The van der Waals surface area contributed by atoms with Gasteiger partial charge in [-0.15, -0.1) is 0 Å². The predicted molar refractivity (Wildman–Crippen MR) is 103 cm³/mol. The molecule has 0 aromatic heterocycles. The van der Waals surface area contributed by atoms with Crippen molar-refractivity contribution in [1.29, 1.82) is 0 Å². The minimum atomic E-state index is -3.79.